The van der Waals surface area contributed by atoms with Crippen molar-refractivity contribution in [3.05, 3.63) is 42.9 Å². The molecule has 36 heavy (non-hydrogen) atoms. The quantitative estimate of drug-likeness (QED) is 0.415. The number of nitrogens with zero attached hydrogens (tertiary/aromatic N) is 6. The Morgan fingerprint density at radius 1 is 1.06 bits per heavy atom. The minimum Gasteiger partial charge on any atom is -0.494 e. The molecule has 1 aliphatic heterocycles. The van der Waals surface area contributed by atoms with Gasteiger partial charge in [-0.05, 0) is 31.0 Å². The first-order valence-corrected chi connectivity index (χ1v) is 13.0. The first kappa shape index (κ1) is 22.8. The summed E-state index contributed by atoms with van der Waals surface area (Å²) < 4.78 is 10.0. The predicted octanol–water partition coefficient (Wildman–Crippen LogP) is 4.50. The minimum atomic E-state index is 0.432. The molecule has 2 fully saturated rings. The molecule has 0 unspecified atom stereocenters. The topological polar surface area (TPSA) is 85.1 Å². The van der Waals surface area contributed by atoms with Crippen LogP contribution in [0.3, 0.4) is 0 Å². The van der Waals surface area contributed by atoms with E-state index in [-0.39, 0.29) is 0 Å². The lowest BCUT2D eigenvalue weighted by molar-refractivity contribution is 0.362. The number of benzene rings is 1. The Balaban J connectivity index is 1.36. The van der Waals surface area contributed by atoms with E-state index in [2.05, 4.69) is 60.6 Å². The van der Waals surface area contributed by atoms with E-state index >= 15 is 0 Å². The summed E-state index contributed by atoms with van der Waals surface area (Å²) in [6.07, 6.45) is 12.1. The first-order valence-electron chi connectivity index (χ1n) is 13.0. The molecule has 1 aromatic carbocycles. The number of methoxy groups -OCH3 is 1. The highest BCUT2D eigenvalue weighted by Gasteiger charge is 2.23. The smallest absolute Gasteiger partial charge is 0.229 e. The molecular weight excluding hydrogens is 452 g/mol. The summed E-state index contributed by atoms with van der Waals surface area (Å²) in [6, 6.07) is 8.93. The Hall–Kier alpha value is -3.59. The third-order valence-electron chi connectivity index (χ3n) is 7.43. The van der Waals surface area contributed by atoms with Crippen LogP contribution in [0.1, 0.15) is 38.1 Å². The molecule has 4 aromatic rings. The van der Waals surface area contributed by atoms with Crippen LogP contribution in [0, 0.1) is 0 Å². The van der Waals surface area contributed by atoms with Gasteiger partial charge < -0.3 is 24.8 Å². The van der Waals surface area contributed by atoms with E-state index in [0.717, 1.165) is 59.9 Å². The number of anilines is 3. The van der Waals surface area contributed by atoms with Gasteiger partial charge in [-0.1, -0.05) is 19.3 Å². The number of nitrogens with one attached hydrogen (secondary N) is 2. The van der Waals surface area contributed by atoms with Gasteiger partial charge in [0.2, 0.25) is 5.95 Å². The van der Waals surface area contributed by atoms with E-state index in [1.54, 1.807) is 7.11 Å². The Morgan fingerprint density at radius 2 is 1.89 bits per heavy atom. The van der Waals surface area contributed by atoms with Gasteiger partial charge in [-0.25, -0.2) is 4.98 Å². The van der Waals surface area contributed by atoms with E-state index in [4.69, 9.17) is 9.72 Å². The minimum absolute atomic E-state index is 0.432. The van der Waals surface area contributed by atoms with Crippen LogP contribution >= 0.6 is 0 Å². The molecule has 0 amide bonds. The van der Waals surface area contributed by atoms with Gasteiger partial charge in [0.05, 0.1) is 24.7 Å². The molecule has 0 spiro atoms. The van der Waals surface area contributed by atoms with Crippen LogP contribution in [0.4, 0.5) is 17.3 Å². The third-order valence-corrected chi connectivity index (χ3v) is 7.43. The van der Waals surface area contributed by atoms with Gasteiger partial charge in [-0.3, -0.25) is 4.68 Å². The van der Waals surface area contributed by atoms with Crippen LogP contribution in [0.5, 0.6) is 5.75 Å². The van der Waals surface area contributed by atoms with Crippen molar-refractivity contribution in [1.29, 1.82) is 0 Å². The van der Waals surface area contributed by atoms with Crippen molar-refractivity contribution in [2.45, 2.75) is 38.1 Å². The molecule has 0 bridgehead atoms. The summed E-state index contributed by atoms with van der Waals surface area (Å²) in [5.74, 6) is 1.36. The fourth-order valence-electron chi connectivity index (χ4n) is 5.58. The second-order valence-corrected chi connectivity index (χ2v) is 9.81. The van der Waals surface area contributed by atoms with Crippen molar-refractivity contribution in [1.82, 2.24) is 29.6 Å². The summed E-state index contributed by atoms with van der Waals surface area (Å²) >= 11 is 0. The number of aryl methyl sites for hydroxylation is 1. The zero-order valence-electron chi connectivity index (χ0n) is 21.1. The van der Waals surface area contributed by atoms with Crippen LogP contribution in [-0.4, -0.2) is 57.6 Å². The highest BCUT2D eigenvalue weighted by atomic mass is 16.5. The zero-order valence-corrected chi connectivity index (χ0v) is 21.1. The van der Waals surface area contributed by atoms with Crippen molar-refractivity contribution in [3.63, 3.8) is 0 Å². The van der Waals surface area contributed by atoms with Gasteiger partial charge >= 0.3 is 0 Å². The SMILES string of the molecule is COc1cc(N2CCNCC2)ccc1Nc1ncc2cc(-c3cnn(C)c3)n(C3CCCCC3)c2n1. The standard InChI is InChI=1S/C27H34N8O/c1-33-18-20(17-30-33)24-14-19-16-29-27(32-26(19)35(24)21-6-4-3-5-7-21)31-23-9-8-22(15-25(23)36-2)34-12-10-28-11-13-34/h8-9,14-18,21,28H,3-7,10-13H2,1-2H3,(H,29,31,32). The number of rotatable bonds is 6. The largest absolute Gasteiger partial charge is 0.494 e. The molecule has 3 aromatic heterocycles. The van der Waals surface area contributed by atoms with E-state index in [0.29, 0.717) is 12.0 Å². The zero-order chi connectivity index (χ0) is 24.5. The molecule has 9 nitrogen and oxygen atoms in total. The number of aromatic nitrogens is 5. The Bertz CT molecular complexity index is 1350. The third kappa shape index (κ3) is 4.39. The highest BCUT2D eigenvalue weighted by molar-refractivity contribution is 5.85. The normalized spacial score (nSPS) is 17.0. The van der Waals surface area contributed by atoms with Gasteiger partial charge in [0.1, 0.15) is 11.4 Å². The molecule has 9 heteroatoms. The number of hydrogen-bond donors (Lipinski definition) is 2. The molecule has 6 rings (SSSR count). The first-order chi connectivity index (χ1) is 17.7. The number of hydrogen-bond acceptors (Lipinski definition) is 7. The molecule has 0 atom stereocenters. The van der Waals surface area contributed by atoms with Crippen molar-refractivity contribution < 1.29 is 4.74 Å². The number of ether oxygens (including phenoxy) is 1. The summed E-state index contributed by atoms with van der Waals surface area (Å²) in [4.78, 5) is 12.1. The summed E-state index contributed by atoms with van der Waals surface area (Å²) in [6.45, 7) is 3.98. The number of piperazine rings is 1. The van der Waals surface area contributed by atoms with Gasteiger partial charge in [0.15, 0.2) is 0 Å². The lowest BCUT2D eigenvalue weighted by Crippen LogP contribution is -2.43. The van der Waals surface area contributed by atoms with Crippen LogP contribution in [0.2, 0.25) is 0 Å². The van der Waals surface area contributed by atoms with Crippen LogP contribution in [0.25, 0.3) is 22.3 Å². The maximum Gasteiger partial charge on any atom is 0.229 e. The van der Waals surface area contributed by atoms with Crippen molar-refractivity contribution in [2.75, 3.05) is 43.5 Å². The summed E-state index contributed by atoms with van der Waals surface area (Å²) in [7, 11) is 3.67. The van der Waals surface area contributed by atoms with E-state index in [1.165, 1.54) is 37.8 Å². The predicted molar refractivity (Wildman–Crippen MR) is 143 cm³/mol. The van der Waals surface area contributed by atoms with Crippen molar-refractivity contribution in [2.24, 2.45) is 7.05 Å². The maximum absolute atomic E-state index is 5.74. The van der Waals surface area contributed by atoms with Gasteiger partial charge in [-0.15, -0.1) is 0 Å². The van der Waals surface area contributed by atoms with E-state index in [9.17, 15) is 0 Å². The summed E-state index contributed by atoms with van der Waals surface area (Å²) in [5.41, 5.74) is 5.27. The Labute approximate surface area is 211 Å². The van der Waals surface area contributed by atoms with E-state index in [1.807, 2.05) is 24.1 Å². The van der Waals surface area contributed by atoms with Crippen LogP contribution in [0.15, 0.2) is 42.9 Å². The lowest BCUT2D eigenvalue weighted by atomic mass is 9.95. The molecule has 2 aliphatic rings. The lowest BCUT2D eigenvalue weighted by Gasteiger charge is -2.30. The number of fused-ring (bicyclic) bond motifs is 1. The van der Waals surface area contributed by atoms with Crippen LogP contribution < -0.4 is 20.3 Å². The molecular formula is C27H34N8O. The van der Waals surface area contributed by atoms with Crippen molar-refractivity contribution in [3.8, 4) is 17.0 Å². The van der Waals surface area contributed by atoms with Crippen molar-refractivity contribution >= 4 is 28.4 Å². The highest BCUT2D eigenvalue weighted by Crippen LogP contribution is 2.38. The second-order valence-electron chi connectivity index (χ2n) is 9.81. The summed E-state index contributed by atoms with van der Waals surface area (Å²) in [5, 5.41) is 12.3. The maximum atomic E-state index is 5.74. The molecule has 1 saturated carbocycles. The molecule has 0 radical (unpaired) electrons. The molecule has 1 saturated heterocycles. The van der Waals surface area contributed by atoms with Gasteiger partial charge in [0, 0.05) is 74.4 Å². The molecule has 4 heterocycles. The van der Waals surface area contributed by atoms with Gasteiger partial charge in [-0.2, -0.15) is 10.1 Å². The fourth-order valence-corrected chi connectivity index (χ4v) is 5.58. The average Bonchev–Trinajstić information content (AvgIpc) is 3.53. The Kier molecular flexibility index (Phi) is 6.23. The molecule has 188 valence electrons. The second kappa shape index (κ2) is 9.81. The van der Waals surface area contributed by atoms with Crippen LogP contribution in [-0.2, 0) is 7.05 Å². The Morgan fingerprint density at radius 3 is 2.64 bits per heavy atom. The molecule has 2 N–H and O–H groups in total. The fraction of sp³-hybridized carbons (Fsp3) is 0.444. The molecule has 1 aliphatic carbocycles. The monoisotopic (exact) mass is 486 g/mol. The van der Waals surface area contributed by atoms with E-state index < -0.39 is 0 Å². The average molecular weight is 487 g/mol. The van der Waals surface area contributed by atoms with Gasteiger partial charge in [0.25, 0.3) is 0 Å².